The number of methoxy groups -OCH3 is 1. The van der Waals surface area contributed by atoms with Crippen LogP contribution in [0.3, 0.4) is 0 Å². The van der Waals surface area contributed by atoms with Crippen LogP contribution >= 0.6 is 11.3 Å². The highest BCUT2D eigenvalue weighted by molar-refractivity contribution is 7.14. The lowest BCUT2D eigenvalue weighted by Crippen LogP contribution is -2.36. The molecule has 0 aliphatic carbocycles. The summed E-state index contributed by atoms with van der Waals surface area (Å²) in [4.78, 5) is 41.8. The molecule has 2 amide bonds. The molecule has 0 saturated heterocycles. The Hall–Kier alpha value is -3.59. The topological polar surface area (TPSA) is 88.6 Å². The number of rotatable bonds is 3. The molecule has 31 heavy (non-hydrogen) atoms. The van der Waals surface area contributed by atoms with Crippen molar-refractivity contribution in [1.82, 2.24) is 4.98 Å². The van der Waals surface area contributed by atoms with Crippen molar-refractivity contribution in [3.63, 3.8) is 0 Å². The van der Waals surface area contributed by atoms with Crippen LogP contribution in [0.5, 0.6) is 0 Å². The lowest BCUT2D eigenvalue weighted by Gasteiger charge is -2.30. The van der Waals surface area contributed by atoms with Gasteiger partial charge >= 0.3 is 11.9 Å². The molecule has 7 nitrogen and oxygen atoms in total. The van der Waals surface area contributed by atoms with Gasteiger partial charge < -0.3 is 9.64 Å². The molecule has 158 valence electrons. The van der Waals surface area contributed by atoms with E-state index in [1.807, 2.05) is 18.2 Å². The van der Waals surface area contributed by atoms with E-state index < -0.39 is 17.7 Å². The monoisotopic (exact) mass is 439 g/mol. The van der Waals surface area contributed by atoms with Gasteiger partial charge in [0.15, 0.2) is 5.13 Å². The quantitative estimate of drug-likeness (QED) is 0.497. The number of hydrogen-bond acceptors (Lipinski definition) is 6. The predicted octanol–water partition coefficient (Wildman–Crippen LogP) is 3.65. The van der Waals surface area contributed by atoms with E-state index in [1.54, 1.807) is 22.4 Å². The molecule has 0 spiro atoms. The molecule has 1 aliphatic rings. The summed E-state index contributed by atoms with van der Waals surface area (Å²) in [5.74, 6) is -2.80. The molecule has 1 aliphatic heterocycles. The van der Waals surface area contributed by atoms with Gasteiger partial charge in [-0.05, 0) is 42.7 Å². The lowest BCUT2D eigenvalue weighted by molar-refractivity contribution is -0.150. The molecule has 0 fully saturated rings. The minimum atomic E-state index is -0.995. The van der Waals surface area contributed by atoms with E-state index in [-0.39, 0.29) is 16.6 Å². The number of aromatic nitrogens is 1. The molecule has 0 radical (unpaired) electrons. The van der Waals surface area contributed by atoms with Gasteiger partial charge in [-0.15, -0.1) is 11.3 Å². The van der Waals surface area contributed by atoms with Crippen molar-refractivity contribution in [3.8, 4) is 11.3 Å². The van der Waals surface area contributed by atoms with Crippen molar-refractivity contribution >= 4 is 39.9 Å². The van der Waals surface area contributed by atoms with Crippen molar-refractivity contribution < 1.29 is 23.5 Å². The number of aryl methyl sites for hydroxylation is 1. The zero-order valence-electron chi connectivity index (χ0n) is 16.6. The summed E-state index contributed by atoms with van der Waals surface area (Å²) in [5, 5.41) is 4.44. The molecule has 0 saturated carbocycles. The molecule has 2 heterocycles. The largest absolute Gasteiger partial charge is 0.462 e. The molecule has 0 bridgehead atoms. The average Bonchev–Trinajstić information content (AvgIpc) is 3.26. The molecule has 0 atom stereocenters. The second-order valence-corrected chi connectivity index (χ2v) is 7.73. The first kappa shape index (κ1) is 20.7. The minimum Gasteiger partial charge on any atom is -0.462 e. The molecule has 1 aromatic heterocycles. The maximum atomic E-state index is 14.1. The number of carbonyl (C=O) groups is 3. The summed E-state index contributed by atoms with van der Waals surface area (Å²) in [6, 6.07) is 11.6. The van der Waals surface area contributed by atoms with E-state index in [0.29, 0.717) is 12.2 Å². The zero-order valence-corrected chi connectivity index (χ0v) is 17.4. The number of anilines is 2. The Morgan fingerprint density at radius 2 is 2.00 bits per heavy atom. The fraction of sp³-hybridized carbons (Fsp3) is 0.182. The fourth-order valence-corrected chi connectivity index (χ4v) is 4.17. The molecular formula is C22H18FN3O4S. The first-order chi connectivity index (χ1) is 15.0. The Kier molecular flexibility index (Phi) is 5.77. The lowest BCUT2D eigenvalue weighted by atomic mass is 9.97. The first-order valence-corrected chi connectivity index (χ1v) is 10.4. The number of thiazole rings is 1. The van der Waals surface area contributed by atoms with Crippen LogP contribution < -0.4 is 10.2 Å². The third-order valence-electron chi connectivity index (χ3n) is 4.94. The third-order valence-corrected chi connectivity index (χ3v) is 5.70. The van der Waals surface area contributed by atoms with E-state index in [2.05, 4.69) is 15.0 Å². The third kappa shape index (κ3) is 4.17. The van der Waals surface area contributed by atoms with Crippen molar-refractivity contribution in [2.75, 3.05) is 23.9 Å². The van der Waals surface area contributed by atoms with Gasteiger partial charge in [0.2, 0.25) is 0 Å². The number of carbonyl (C=O) groups excluding carboxylic acids is 3. The van der Waals surface area contributed by atoms with Crippen molar-refractivity contribution in [2.24, 2.45) is 0 Å². The van der Waals surface area contributed by atoms with Gasteiger partial charge in [0.05, 0.1) is 18.4 Å². The maximum Gasteiger partial charge on any atom is 0.396 e. The van der Waals surface area contributed by atoms with Gasteiger partial charge in [0.25, 0.3) is 5.91 Å². The van der Waals surface area contributed by atoms with E-state index in [9.17, 15) is 18.8 Å². The van der Waals surface area contributed by atoms with Gasteiger partial charge in [-0.2, -0.15) is 0 Å². The number of halogens is 1. The number of hydrogen-bond donors (Lipinski definition) is 1. The molecule has 9 heteroatoms. The number of nitrogens with one attached hydrogen (secondary N) is 1. The Balaban J connectivity index is 1.58. The van der Waals surface area contributed by atoms with E-state index in [0.717, 1.165) is 36.8 Å². The molecule has 0 unspecified atom stereocenters. The standard InChI is InChI=1S/C22H18FN3O4S/c1-30-21(29)19(27)25-22-24-17(12-31-22)13-8-9-18-14(11-13)5-4-10-26(18)20(28)15-6-2-3-7-16(15)23/h2-3,6-9,11-12H,4-5,10H2,1H3,(H,24,25,27). The molecule has 3 aromatic rings. The first-order valence-electron chi connectivity index (χ1n) is 9.52. The normalized spacial score (nSPS) is 12.8. The number of fused-ring (bicyclic) bond motifs is 1. The maximum absolute atomic E-state index is 14.1. The number of amides is 2. The van der Waals surface area contributed by atoms with Gasteiger partial charge in [-0.1, -0.05) is 18.2 Å². The van der Waals surface area contributed by atoms with Gasteiger partial charge in [-0.25, -0.2) is 14.2 Å². The summed E-state index contributed by atoms with van der Waals surface area (Å²) in [6.07, 6.45) is 1.54. The SMILES string of the molecule is COC(=O)C(=O)Nc1nc(-c2ccc3c(c2)CCCN3C(=O)c2ccccc2F)cs1. The van der Waals surface area contributed by atoms with Crippen molar-refractivity contribution in [2.45, 2.75) is 12.8 Å². The number of nitrogens with zero attached hydrogens (tertiary/aromatic N) is 2. The smallest absolute Gasteiger partial charge is 0.396 e. The molecular weight excluding hydrogens is 421 g/mol. The predicted molar refractivity (Wildman–Crippen MR) is 115 cm³/mol. The van der Waals surface area contributed by atoms with Gasteiger partial charge in [-0.3, -0.25) is 14.9 Å². The van der Waals surface area contributed by atoms with Crippen LogP contribution in [-0.4, -0.2) is 36.4 Å². The van der Waals surface area contributed by atoms with E-state index >= 15 is 0 Å². The molecule has 1 N–H and O–H groups in total. The Bertz CT molecular complexity index is 1180. The number of benzene rings is 2. The Morgan fingerprint density at radius 1 is 1.19 bits per heavy atom. The van der Waals surface area contributed by atoms with Crippen LogP contribution in [0.4, 0.5) is 15.2 Å². The van der Waals surface area contributed by atoms with Gasteiger partial charge in [0, 0.05) is 23.2 Å². The van der Waals surface area contributed by atoms with Crippen molar-refractivity contribution in [1.29, 1.82) is 0 Å². The van der Waals surface area contributed by atoms with E-state index in [4.69, 9.17) is 0 Å². The number of esters is 1. The van der Waals surface area contributed by atoms with E-state index in [1.165, 1.54) is 23.5 Å². The second-order valence-electron chi connectivity index (χ2n) is 6.87. The summed E-state index contributed by atoms with van der Waals surface area (Å²) < 4.78 is 18.5. The Morgan fingerprint density at radius 3 is 2.77 bits per heavy atom. The van der Waals surface area contributed by atoms with Crippen LogP contribution in [0.15, 0.2) is 47.8 Å². The molecule has 2 aromatic carbocycles. The number of ether oxygens (including phenoxy) is 1. The van der Waals surface area contributed by atoms with Crippen LogP contribution in [0.2, 0.25) is 0 Å². The van der Waals surface area contributed by atoms with Crippen LogP contribution in [-0.2, 0) is 20.7 Å². The highest BCUT2D eigenvalue weighted by atomic mass is 32.1. The van der Waals surface area contributed by atoms with Crippen LogP contribution in [0, 0.1) is 5.82 Å². The Labute approximate surface area is 181 Å². The average molecular weight is 439 g/mol. The summed E-state index contributed by atoms with van der Waals surface area (Å²) in [7, 11) is 1.13. The second kappa shape index (κ2) is 8.65. The highest BCUT2D eigenvalue weighted by Crippen LogP contribution is 2.33. The summed E-state index contributed by atoms with van der Waals surface area (Å²) in [6.45, 7) is 0.514. The summed E-state index contributed by atoms with van der Waals surface area (Å²) >= 11 is 1.19. The summed E-state index contributed by atoms with van der Waals surface area (Å²) in [5.41, 5.74) is 3.20. The zero-order chi connectivity index (χ0) is 22.0. The van der Waals surface area contributed by atoms with Crippen LogP contribution in [0.1, 0.15) is 22.3 Å². The minimum absolute atomic E-state index is 0.0462. The van der Waals surface area contributed by atoms with Gasteiger partial charge in [0.1, 0.15) is 5.82 Å². The fourth-order valence-electron chi connectivity index (χ4n) is 3.45. The highest BCUT2D eigenvalue weighted by Gasteiger charge is 2.26. The molecule has 4 rings (SSSR count). The van der Waals surface area contributed by atoms with Crippen LogP contribution in [0.25, 0.3) is 11.3 Å². The van der Waals surface area contributed by atoms with Crippen molar-refractivity contribution in [3.05, 3.63) is 64.8 Å².